The normalized spacial score (nSPS) is 10.6. The van der Waals surface area contributed by atoms with Gasteiger partial charge in [0, 0.05) is 24.0 Å². The third-order valence-corrected chi connectivity index (χ3v) is 4.21. The number of ether oxygens (including phenoxy) is 3. The molecule has 0 atom stereocenters. The van der Waals surface area contributed by atoms with E-state index in [1.165, 1.54) is 6.08 Å². The van der Waals surface area contributed by atoms with Gasteiger partial charge in [-0.05, 0) is 61.9 Å². The van der Waals surface area contributed by atoms with Crippen LogP contribution in [0.3, 0.4) is 0 Å². The maximum absolute atomic E-state index is 12.4. The van der Waals surface area contributed by atoms with E-state index >= 15 is 0 Å². The summed E-state index contributed by atoms with van der Waals surface area (Å²) in [6.07, 6.45) is 4.94. The van der Waals surface area contributed by atoms with Crippen LogP contribution in [0.15, 0.2) is 72.9 Å². The zero-order valence-electron chi connectivity index (χ0n) is 17.7. The molecule has 1 aromatic heterocycles. The van der Waals surface area contributed by atoms with Gasteiger partial charge < -0.3 is 19.5 Å². The molecule has 0 bridgehead atoms. The van der Waals surface area contributed by atoms with Gasteiger partial charge in [-0.25, -0.2) is 0 Å². The summed E-state index contributed by atoms with van der Waals surface area (Å²) >= 11 is 0. The molecule has 0 saturated carbocycles. The zero-order chi connectivity index (χ0) is 21.9. The van der Waals surface area contributed by atoms with Crippen molar-refractivity contribution < 1.29 is 19.0 Å². The van der Waals surface area contributed by atoms with Gasteiger partial charge >= 0.3 is 0 Å². The fraction of sp³-hybridized carbons (Fsp3) is 0.200. The Morgan fingerprint density at radius 3 is 2.55 bits per heavy atom. The predicted molar refractivity (Wildman–Crippen MR) is 121 cm³/mol. The quantitative estimate of drug-likeness (QED) is 0.463. The van der Waals surface area contributed by atoms with Gasteiger partial charge in [0.15, 0.2) is 11.5 Å². The van der Waals surface area contributed by atoms with Crippen LogP contribution in [0.2, 0.25) is 0 Å². The molecule has 0 fully saturated rings. The largest absolute Gasteiger partial charge is 0.490 e. The van der Waals surface area contributed by atoms with Gasteiger partial charge in [-0.2, -0.15) is 0 Å². The summed E-state index contributed by atoms with van der Waals surface area (Å²) in [5.74, 6) is 1.76. The number of aromatic nitrogens is 1. The van der Waals surface area contributed by atoms with Crippen LogP contribution in [0.1, 0.15) is 25.1 Å². The Labute approximate surface area is 182 Å². The summed E-state index contributed by atoms with van der Waals surface area (Å²) in [6.45, 7) is 5.29. The summed E-state index contributed by atoms with van der Waals surface area (Å²) in [6, 6.07) is 18.5. The van der Waals surface area contributed by atoms with Crippen LogP contribution in [0.25, 0.3) is 6.08 Å². The fourth-order valence-electron chi connectivity index (χ4n) is 2.83. The van der Waals surface area contributed by atoms with Gasteiger partial charge in [0.25, 0.3) is 0 Å². The number of nitrogens with one attached hydrogen (secondary N) is 1. The Bertz CT molecular complexity index is 1020. The molecule has 6 nitrogen and oxygen atoms in total. The number of rotatable bonds is 10. The molecule has 1 N–H and O–H groups in total. The number of benzene rings is 2. The molecule has 0 aliphatic carbocycles. The van der Waals surface area contributed by atoms with Crippen molar-refractivity contribution in [3.63, 3.8) is 0 Å². The molecule has 160 valence electrons. The van der Waals surface area contributed by atoms with E-state index in [-0.39, 0.29) is 5.91 Å². The highest BCUT2D eigenvalue weighted by Crippen LogP contribution is 2.29. The number of carbonyl (C=O) groups excluding carboxylic acids is 1. The molecule has 0 radical (unpaired) electrons. The van der Waals surface area contributed by atoms with Crippen molar-refractivity contribution in [1.29, 1.82) is 0 Å². The van der Waals surface area contributed by atoms with Crippen LogP contribution < -0.4 is 19.5 Å². The second-order valence-corrected chi connectivity index (χ2v) is 6.53. The van der Waals surface area contributed by atoms with E-state index in [9.17, 15) is 4.79 Å². The Morgan fingerprint density at radius 2 is 1.77 bits per heavy atom. The van der Waals surface area contributed by atoms with Gasteiger partial charge in [-0.1, -0.05) is 18.2 Å². The average molecular weight is 418 g/mol. The number of hydrogen-bond acceptors (Lipinski definition) is 5. The van der Waals surface area contributed by atoms with Gasteiger partial charge in [-0.3, -0.25) is 9.78 Å². The van der Waals surface area contributed by atoms with Crippen LogP contribution in [-0.2, 0) is 11.4 Å². The molecule has 0 spiro atoms. The highest BCUT2D eigenvalue weighted by molar-refractivity contribution is 6.02. The minimum absolute atomic E-state index is 0.242. The summed E-state index contributed by atoms with van der Waals surface area (Å²) < 4.78 is 16.9. The molecule has 1 heterocycles. The Hall–Kier alpha value is -3.80. The van der Waals surface area contributed by atoms with Crippen LogP contribution in [0, 0.1) is 0 Å². The first-order valence-corrected chi connectivity index (χ1v) is 10.2. The SMILES string of the molecule is CCOc1ccc(/C=C/C(=O)Nc2cccc(OCc3ccccn3)c2)cc1OCC. The maximum Gasteiger partial charge on any atom is 0.248 e. The summed E-state index contributed by atoms with van der Waals surface area (Å²) in [5.41, 5.74) is 2.33. The first-order valence-electron chi connectivity index (χ1n) is 10.2. The van der Waals surface area contributed by atoms with Gasteiger partial charge in [0.2, 0.25) is 5.91 Å². The van der Waals surface area contributed by atoms with E-state index in [0.29, 0.717) is 42.8 Å². The van der Waals surface area contributed by atoms with E-state index in [4.69, 9.17) is 14.2 Å². The highest BCUT2D eigenvalue weighted by Gasteiger charge is 2.06. The van der Waals surface area contributed by atoms with E-state index < -0.39 is 0 Å². The second-order valence-electron chi connectivity index (χ2n) is 6.53. The van der Waals surface area contributed by atoms with E-state index in [1.54, 1.807) is 18.3 Å². The predicted octanol–water partition coefficient (Wildman–Crippen LogP) is 5.11. The minimum atomic E-state index is -0.242. The Kier molecular flexibility index (Phi) is 8.05. The lowest BCUT2D eigenvalue weighted by Gasteiger charge is -2.11. The Morgan fingerprint density at radius 1 is 0.935 bits per heavy atom. The molecule has 0 aliphatic heterocycles. The fourth-order valence-corrected chi connectivity index (χ4v) is 2.83. The van der Waals surface area contributed by atoms with Crippen molar-refractivity contribution >= 4 is 17.7 Å². The van der Waals surface area contributed by atoms with Gasteiger partial charge in [-0.15, -0.1) is 0 Å². The molecule has 0 unspecified atom stereocenters. The number of pyridine rings is 1. The molecule has 6 heteroatoms. The van der Waals surface area contributed by atoms with Crippen molar-refractivity contribution in [1.82, 2.24) is 4.98 Å². The number of anilines is 1. The monoisotopic (exact) mass is 418 g/mol. The molecule has 1 amide bonds. The third-order valence-electron chi connectivity index (χ3n) is 4.21. The van der Waals surface area contributed by atoms with Crippen LogP contribution in [0.4, 0.5) is 5.69 Å². The van der Waals surface area contributed by atoms with E-state index in [0.717, 1.165) is 11.3 Å². The molecule has 3 rings (SSSR count). The lowest BCUT2D eigenvalue weighted by atomic mass is 10.2. The summed E-state index contributed by atoms with van der Waals surface area (Å²) in [7, 11) is 0. The van der Waals surface area contributed by atoms with E-state index in [1.807, 2.05) is 68.4 Å². The maximum atomic E-state index is 12.4. The van der Waals surface area contributed by atoms with Crippen LogP contribution in [0.5, 0.6) is 17.2 Å². The lowest BCUT2D eigenvalue weighted by molar-refractivity contribution is -0.111. The van der Waals surface area contributed by atoms with Crippen LogP contribution in [-0.4, -0.2) is 24.1 Å². The zero-order valence-corrected chi connectivity index (χ0v) is 17.7. The average Bonchev–Trinajstić information content (AvgIpc) is 2.79. The number of nitrogens with zero attached hydrogens (tertiary/aromatic N) is 1. The van der Waals surface area contributed by atoms with Crippen LogP contribution >= 0.6 is 0 Å². The standard InChI is InChI=1S/C25H26N2O4/c1-3-29-23-13-11-19(16-24(23)30-4-2)12-14-25(28)27-20-9-7-10-22(17-20)31-18-21-8-5-6-15-26-21/h5-17H,3-4,18H2,1-2H3,(H,27,28)/b14-12+. The van der Waals surface area contributed by atoms with E-state index in [2.05, 4.69) is 10.3 Å². The summed E-state index contributed by atoms with van der Waals surface area (Å²) in [5, 5.41) is 2.84. The van der Waals surface area contributed by atoms with Crippen molar-refractivity contribution in [3.8, 4) is 17.2 Å². The van der Waals surface area contributed by atoms with Gasteiger partial charge in [0.05, 0.1) is 18.9 Å². The first-order chi connectivity index (χ1) is 15.2. The molecule has 3 aromatic rings. The molecular weight excluding hydrogens is 392 g/mol. The lowest BCUT2D eigenvalue weighted by Crippen LogP contribution is -2.08. The number of hydrogen-bond donors (Lipinski definition) is 1. The molecular formula is C25H26N2O4. The molecule has 2 aromatic carbocycles. The van der Waals surface area contributed by atoms with Crippen molar-refractivity contribution in [3.05, 3.63) is 84.2 Å². The number of amides is 1. The molecule has 0 saturated heterocycles. The molecule has 31 heavy (non-hydrogen) atoms. The third kappa shape index (κ3) is 6.89. The Balaban J connectivity index is 1.60. The second kappa shape index (κ2) is 11.4. The minimum Gasteiger partial charge on any atom is -0.490 e. The smallest absolute Gasteiger partial charge is 0.248 e. The molecule has 0 aliphatic rings. The van der Waals surface area contributed by atoms with Crippen molar-refractivity contribution in [2.24, 2.45) is 0 Å². The topological polar surface area (TPSA) is 69.7 Å². The van der Waals surface area contributed by atoms with Crippen molar-refractivity contribution in [2.75, 3.05) is 18.5 Å². The number of carbonyl (C=O) groups is 1. The van der Waals surface area contributed by atoms with Crippen molar-refractivity contribution in [2.45, 2.75) is 20.5 Å². The van der Waals surface area contributed by atoms with Gasteiger partial charge in [0.1, 0.15) is 12.4 Å². The summed E-state index contributed by atoms with van der Waals surface area (Å²) in [4.78, 5) is 16.6. The first kappa shape index (κ1) is 21.9. The highest BCUT2D eigenvalue weighted by atomic mass is 16.5.